The van der Waals surface area contributed by atoms with Gasteiger partial charge in [-0.2, -0.15) is 0 Å². The van der Waals surface area contributed by atoms with Gasteiger partial charge in [-0.1, -0.05) is 27.7 Å². The minimum atomic E-state index is -0.915. The molecule has 0 saturated carbocycles. The molecule has 3 N–H and O–H groups in total. The Kier molecular flexibility index (Phi) is 7.73. The Labute approximate surface area is 213 Å². The van der Waals surface area contributed by atoms with Crippen molar-refractivity contribution < 1.29 is 24.2 Å². The average molecular weight is 501 g/mol. The molecule has 4 rings (SSSR count). The van der Waals surface area contributed by atoms with E-state index >= 15 is 0 Å². The van der Waals surface area contributed by atoms with Crippen LogP contribution in [0.1, 0.15) is 62.4 Å². The molecule has 1 aromatic rings. The van der Waals surface area contributed by atoms with Crippen molar-refractivity contribution in [2.24, 2.45) is 11.1 Å². The van der Waals surface area contributed by atoms with Gasteiger partial charge >= 0.3 is 0 Å². The Balaban J connectivity index is 1.69. The Morgan fingerprint density at radius 3 is 2.50 bits per heavy atom. The minimum absolute atomic E-state index is 0.0333. The molecule has 198 valence electrons. The predicted octanol–water partition coefficient (Wildman–Crippen LogP) is 1.38. The zero-order valence-corrected chi connectivity index (χ0v) is 21.9. The summed E-state index contributed by atoms with van der Waals surface area (Å²) in [6, 6.07) is 4.77. The molecule has 9 heteroatoms. The van der Waals surface area contributed by atoms with E-state index in [1.807, 2.05) is 32.9 Å². The Morgan fingerprint density at radius 1 is 1.19 bits per heavy atom. The van der Waals surface area contributed by atoms with Gasteiger partial charge < -0.3 is 25.4 Å². The first-order valence-corrected chi connectivity index (χ1v) is 13.0. The summed E-state index contributed by atoms with van der Waals surface area (Å²) in [6.07, 6.45) is -0.0341. The van der Waals surface area contributed by atoms with Gasteiger partial charge in [0.25, 0.3) is 0 Å². The number of carbonyl (C=O) groups is 3. The fourth-order valence-corrected chi connectivity index (χ4v) is 5.81. The lowest BCUT2D eigenvalue weighted by Gasteiger charge is -2.37. The molecule has 1 aromatic carbocycles. The number of nitrogens with two attached hydrogens (primary N) is 1. The van der Waals surface area contributed by atoms with E-state index < -0.39 is 30.1 Å². The van der Waals surface area contributed by atoms with Crippen LogP contribution in [0.2, 0.25) is 0 Å². The molecule has 3 heterocycles. The van der Waals surface area contributed by atoms with Crippen molar-refractivity contribution in [2.45, 2.75) is 64.7 Å². The zero-order valence-electron chi connectivity index (χ0n) is 21.9. The highest BCUT2D eigenvalue weighted by atomic mass is 16.5. The normalized spacial score (nSPS) is 25.8. The van der Waals surface area contributed by atoms with E-state index in [0.29, 0.717) is 17.5 Å². The number of hydrogen-bond donors (Lipinski definition) is 2. The monoisotopic (exact) mass is 500 g/mol. The number of hydrogen-bond acceptors (Lipinski definition) is 7. The number of likely N-dealkylation sites (tertiary alicyclic amines) is 1. The topological polar surface area (TPSA) is 116 Å². The number of primary amides is 1. The number of nitrogens with zero attached hydrogens (tertiary/aromatic N) is 3. The van der Waals surface area contributed by atoms with Gasteiger partial charge in [-0.3, -0.25) is 19.3 Å². The van der Waals surface area contributed by atoms with Crippen LogP contribution in [0, 0.1) is 5.41 Å². The molecule has 0 spiro atoms. The Hall–Kier alpha value is -2.49. The van der Waals surface area contributed by atoms with Crippen LogP contribution in [-0.4, -0.2) is 96.6 Å². The highest BCUT2D eigenvalue weighted by Gasteiger charge is 2.53. The third kappa shape index (κ3) is 5.43. The summed E-state index contributed by atoms with van der Waals surface area (Å²) in [4.78, 5) is 45.3. The molecule has 2 amide bonds. The van der Waals surface area contributed by atoms with Crippen LogP contribution < -0.4 is 10.6 Å². The molecule has 0 unspecified atom stereocenters. The minimum Gasteiger partial charge on any atom is -0.388 e. The van der Waals surface area contributed by atoms with E-state index in [0.717, 1.165) is 44.8 Å². The van der Waals surface area contributed by atoms with Crippen LogP contribution in [0.3, 0.4) is 0 Å². The van der Waals surface area contributed by atoms with Crippen molar-refractivity contribution >= 4 is 23.3 Å². The third-order valence-electron chi connectivity index (χ3n) is 7.51. The molecular weight excluding hydrogens is 460 g/mol. The molecule has 0 radical (unpaired) electrons. The second kappa shape index (κ2) is 10.5. The summed E-state index contributed by atoms with van der Waals surface area (Å²) >= 11 is 0. The molecular formula is C27H40N4O5. The zero-order chi connectivity index (χ0) is 26.2. The number of ketones is 1. The van der Waals surface area contributed by atoms with Crippen molar-refractivity contribution in [3.63, 3.8) is 0 Å². The number of Topliss-reactive ketones (excluding diaryl/α,β-unsaturated/α-hetero) is 1. The molecule has 3 saturated heterocycles. The molecule has 0 bridgehead atoms. The second-order valence-electron chi connectivity index (χ2n) is 11.5. The molecule has 3 fully saturated rings. The lowest BCUT2D eigenvalue weighted by atomic mass is 9.79. The largest absolute Gasteiger partial charge is 0.388 e. The van der Waals surface area contributed by atoms with Gasteiger partial charge in [-0.15, -0.1) is 0 Å². The average Bonchev–Trinajstić information content (AvgIpc) is 3.37. The maximum Gasteiger partial charge on any atom is 0.249 e. The van der Waals surface area contributed by atoms with Gasteiger partial charge in [-0.25, -0.2) is 0 Å². The first-order valence-electron chi connectivity index (χ1n) is 13.0. The first kappa shape index (κ1) is 26.6. The van der Waals surface area contributed by atoms with Crippen molar-refractivity contribution in [2.75, 3.05) is 50.8 Å². The van der Waals surface area contributed by atoms with Crippen LogP contribution in [-0.2, 0) is 14.3 Å². The second-order valence-corrected chi connectivity index (χ2v) is 11.5. The van der Waals surface area contributed by atoms with Gasteiger partial charge in [0.2, 0.25) is 11.8 Å². The number of carbonyl (C=O) groups excluding carboxylic acids is 3. The number of fused-ring (bicyclic) bond motifs is 1. The maximum atomic E-state index is 14.1. The third-order valence-corrected chi connectivity index (χ3v) is 7.51. The molecule has 3 aliphatic heterocycles. The molecule has 9 nitrogen and oxygen atoms in total. The van der Waals surface area contributed by atoms with E-state index in [-0.39, 0.29) is 30.3 Å². The number of β-amino-alcohol motifs (C(OH)–C–C–N with tert-alkyl or cyclic N) is 1. The summed E-state index contributed by atoms with van der Waals surface area (Å²) in [6.45, 7) is 13.0. The van der Waals surface area contributed by atoms with E-state index in [9.17, 15) is 19.5 Å². The van der Waals surface area contributed by atoms with E-state index in [4.69, 9.17) is 10.5 Å². The molecule has 4 atom stereocenters. The number of benzene rings is 1. The fourth-order valence-electron chi connectivity index (χ4n) is 5.81. The first-order chi connectivity index (χ1) is 17.0. The summed E-state index contributed by atoms with van der Waals surface area (Å²) in [5, 5.41) is 10.5. The van der Waals surface area contributed by atoms with Crippen LogP contribution in [0.15, 0.2) is 18.2 Å². The number of piperazine rings is 1. The highest BCUT2D eigenvalue weighted by Crippen LogP contribution is 2.39. The number of aliphatic hydroxyl groups is 1. The SMILES string of the molecule is CCCN1CCN(c2ccc(C(N)=O)c([C@H](CC(C)(C)C)C(=O)N3C[C@@H](O)[C@H]4OCC(=O)[C@H]43)c2)CC1. The van der Waals surface area contributed by atoms with Crippen molar-refractivity contribution in [3.8, 4) is 0 Å². The summed E-state index contributed by atoms with van der Waals surface area (Å²) in [5.74, 6) is -1.75. The molecule has 0 aromatic heterocycles. The van der Waals surface area contributed by atoms with Crippen molar-refractivity contribution in [1.82, 2.24) is 9.80 Å². The van der Waals surface area contributed by atoms with Gasteiger partial charge in [0.05, 0.1) is 12.5 Å². The highest BCUT2D eigenvalue weighted by molar-refractivity contribution is 5.99. The summed E-state index contributed by atoms with van der Waals surface area (Å²) < 4.78 is 5.48. The van der Waals surface area contributed by atoms with E-state index in [1.165, 1.54) is 4.90 Å². The van der Waals surface area contributed by atoms with Crippen LogP contribution in [0.5, 0.6) is 0 Å². The molecule has 3 aliphatic rings. The smallest absolute Gasteiger partial charge is 0.249 e. The van der Waals surface area contributed by atoms with Crippen LogP contribution in [0.4, 0.5) is 5.69 Å². The quantitative estimate of drug-likeness (QED) is 0.581. The Morgan fingerprint density at radius 2 is 1.89 bits per heavy atom. The lowest BCUT2D eigenvalue weighted by Crippen LogP contribution is -2.46. The Bertz CT molecular complexity index is 998. The lowest BCUT2D eigenvalue weighted by molar-refractivity contribution is -0.138. The number of rotatable bonds is 7. The standard InChI is InChI=1S/C27H40N4O5/c1-5-8-29-9-11-30(12-10-29)17-6-7-18(25(28)34)19(13-17)20(14-27(2,3)4)26(35)31-15-21(32)24-23(31)22(33)16-36-24/h6-7,13,20-21,23-24,32H,5,8-12,14-16H2,1-4H3,(H2,28,34)/t20-,21+,23+,24+/m0/s1. The number of ether oxygens (including phenoxy) is 1. The van der Waals surface area contributed by atoms with Gasteiger partial charge in [0, 0.05) is 37.4 Å². The molecule has 0 aliphatic carbocycles. The van der Waals surface area contributed by atoms with Crippen LogP contribution in [0.25, 0.3) is 0 Å². The van der Waals surface area contributed by atoms with E-state index in [2.05, 4.69) is 16.7 Å². The number of amides is 2. The summed E-state index contributed by atoms with van der Waals surface area (Å²) in [5.41, 5.74) is 7.39. The van der Waals surface area contributed by atoms with Gasteiger partial charge in [-0.05, 0) is 48.6 Å². The van der Waals surface area contributed by atoms with Gasteiger partial charge in [0.15, 0.2) is 5.78 Å². The summed E-state index contributed by atoms with van der Waals surface area (Å²) in [7, 11) is 0. The predicted molar refractivity (Wildman–Crippen MR) is 137 cm³/mol. The maximum absolute atomic E-state index is 14.1. The number of anilines is 1. The van der Waals surface area contributed by atoms with Crippen LogP contribution >= 0.6 is 0 Å². The van der Waals surface area contributed by atoms with Crippen molar-refractivity contribution in [1.29, 1.82) is 0 Å². The van der Waals surface area contributed by atoms with E-state index in [1.54, 1.807) is 6.07 Å². The fraction of sp³-hybridized carbons (Fsp3) is 0.667. The molecule has 36 heavy (non-hydrogen) atoms. The van der Waals surface area contributed by atoms with Crippen molar-refractivity contribution in [3.05, 3.63) is 29.3 Å². The number of aliphatic hydroxyl groups excluding tert-OH is 1. The van der Waals surface area contributed by atoms with Gasteiger partial charge in [0.1, 0.15) is 24.9 Å².